The topological polar surface area (TPSA) is 24.5 Å². The number of nitrogens with zero attached hydrogens (tertiary/aromatic N) is 1. The van der Waals surface area contributed by atoms with Crippen LogP contribution in [-0.2, 0) is 4.74 Å². The molecule has 1 aliphatic carbocycles. The van der Waals surface area contributed by atoms with Gasteiger partial charge in [-0.3, -0.25) is 0 Å². The van der Waals surface area contributed by atoms with E-state index in [4.69, 9.17) is 4.74 Å². The summed E-state index contributed by atoms with van der Waals surface area (Å²) in [5.74, 6) is 1.88. The zero-order valence-corrected chi connectivity index (χ0v) is 14.6. The first-order valence-corrected chi connectivity index (χ1v) is 9.43. The molecular formula is C19H36N2O. The molecule has 1 aliphatic heterocycles. The molecule has 1 saturated carbocycles. The highest BCUT2D eigenvalue weighted by molar-refractivity contribution is 4.86. The van der Waals surface area contributed by atoms with Gasteiger partial charge >= 0.3 is 0 Å². The summed E-state index contributed by atoms with van der Waals surface area (Å²) in [6.45, 7) is 12.7. The van der Waals surface area contributed by atoms with Crippen molar-refractivity contribution in [1.82, 2.24) is 10.2 Å². The van der Waals surface area contributed by atoms with Gasteiger partial charge in [0.2, 0.25) is 0 Å². The molecule has 0 aromatic carbocycles. The van der Waals surface area contributed by atoms with Crippen LogP contribution in [0, 0.1) is 11.8 Å². The second-order valence-electron chi connectivity index (χ2n) is 7.34. The number of unbranched alkanes of at least 4 members (excludes halogenated alkanes) is 2. The molecule has 1 heterocycles. The van der Waals surface area contributed by atoms with Crippen LogP contribution in [0.25, 0.3) is 0 Å². The summed E-state index contributed by atoms with van der Waals surface area (Å²) in [6.07, 6.45) is 11.2. The maximum atomic E-state index is 5.47. The lowest BCUT2D eigenvalue weighted by molar-refractivity contribution is 0.0635. The molecule has 0 radical (unpaired) electrons. The Morgan fingerprint density at radius 3 is 2.64 bits per heavy atom. The minimum atomic E-state index is 0.696. The number of hydrogen-bond donors (Lipinski definition) is 1. The van der Waals surface area contributed by atoms with E-state index in [1.807, 2.05) is 6.08 Å². The quantitative estimate of drug-likeness (QED) is 0.467. The molecule has 1 saturated heterocycles. The van der Waals surface area contributed by atoms with E-state index in [1.165, 1.54) is 71.1 Å². The first kappa shape index (κ1) is 18.0. The van der Waals surface area contributed by atoms with Gasteiger partial charge in [-0.25, -0.2) is 0 Å². The molecule has 2 rings (SSSR count). The molecule has 22 heavy (non-hydrogen) atoms. The SMILES string of the molecule is C=CCOCCCCCN(CC1CCNCC1)C1CC(C)C1. The number of ether oxygens (including phenoxy) is 1. The monoisotopic (exact) mass is 308 g/mol. The largest absolute Gasteiger partial charge is 0.377 e. The maximum Gasteiger partial charge on any atom is 0.0644 e. The normalized spacial score (nSPS) is 26.1. The van der Waals surface area contributed by atoms with Crippen molar-refractivity contribution in [2.24, 2.45) is 11.8 Å². The van der Waals surface area contributed by atoms with E-state index in [1.54, 1.807) is 0 Å². The van der Waals surface area contributed by atoms with Crippen LogP contribution in [-0.4, -0.2) is 50.3 Å². The van der Waals surface area contributed by atoms with Gasteiger partial charge in [-0.2, -0.15) is 0 Å². The number of nitrogens with one attached hydrogen (secondary N) is 1. The van der Waals surface area contributed by atoms with Gasteiger partial charge in [0.05, 0.1) is 6.61 Å². The Balaban J connectivity index is 1.62. The molecule has 128 valence electrons. The molecule has 0 unspecified atom stereocenters. The van der Waals surface area contributed by atoms with Crippen LogP contribution in [0.5, 0.6) is 0 Å². The van der Waals surface area contributed by atoms with Crippen molar-refractivity contribution in [1.29, 1.82) is 0 Å². The Morgan fingerprint density at radius 2 is 1.95 bits per heavy atom. The maximum absolute atomic E-state index is 5.47. The molecule has 2 aliphatic rings. The Hall–Kier alpha value is -0.380. The molecule has 2 fully saturated rings. The van der Waals surface area contributed by atoms with Crippen molar-refractivity contribution < 1.29 is 4.74 Å². The van der Waals surface area contributed by atoms with Crippen LogP contribution in [0.2, 0.25) is 0 Å². The molecule has 0 bridgehead atoms. The van der Waals surface area contributed by atoms with Crippen LogP contribution in [0.4, 0.5) is 0 Å². The van der Waals surface area contributed by atoms with E-state index in [2.05, 4.69) is 23.7 Å². The number of piperidine rings is 1. The van der Waals surface area contributed by atoms with Crippen LogP contribution in [0.1, 0.15) is 51.9 Å². The zero-order valence-electron chi connectivity index (χ0n) is 14.6. The van der Waals surface area contributed by atoms with Crippen molar-refractivity contribution in [3.63, 3.8) is 0 Å². The Morgan fingerprint density at radius 1 is 1.18 bits per heavy atom. The van der Waals surface area contributed by atoms with Crippen molar-refractivity contribution in [2.45, 2.75) is 57.9 Å². The van der Waals surface area contributed by atoms with E-state index < -0.39 is 0 Å². The molecular weight excluding hydrogens is 272 g/mol. The van der Waals surface area contributed by atoms with Crippen molar-refractivity contribution in [3.05, 3.63) is 12.7 Å². The molecule has 0 aromatic heterocycles. The average molecular weight is 309 g/mol. The fraction of sp³-hybridized carbons (Fsp3) is 0.895. The van der Waals surface area contributed by atoms with Gasteiger partial charge < -0.3 is 15.0 Å². The predicted octanol–water partition coefficient (Wildman–Crippen LogP) is 3.46. The highest BCUT2D eigenvalue weighted by Gasteiger charge is 2.31. The Kier molecular flexibility index (Phi) is 8.50. The molecule has 0 spiro atoms. The van der Waals surface area contributed by atoms with Crippen LogP contribution in [0.15, 0.2) is 12.7 Å². The Labute approximate surface area is 137 Å². The van der Waals surface area contributed by atoms with Crippen LogP contribution >= 0.6 is 0 Å². The molecule has 3 heteroatoms. The van der Waals surface area contributed by atoms with E-state index in [-0.39, 0.29) is 0 Å². The van der Waals surface area contributed by atoms with Gasteiger partial charge in [0.15, 0.2) is 0 Å². The van der Waals surface area contributed by atoms with Crippen LogP contribution < -0.4 is 5.32 Å². The van der Waals surface area contributed by atoms with Crippen molar-refractivity contribution in [2.75, 3.05) is 39.4 Å². The molecule has 1 N–H and O–H groups in total. The number of rotatable bonds is 11. The number of hydrogen-bond acceptors (Lipinski definition) is 3. The van der Waals surface area contributed by atoms with Gasteiger partial charge in [0.1, 0.15) is 0 Å². The molecule has 0 aromatic rings. The predicted molar refractivity (Wildman–Crippen MR) is 94.2 cm³/mol. The van der Waals surface area contributed by atoms with E-state index in [0.29, 0.717) is 6.61 Å². The summed E-state index contributed by atoms with van der Waals surface area (Å²) >= 11 is 0. The van der Waals surface area contributed by atoms with Gasteiger partial charge in [0, 0.05) is 19.2 Å². The second kappa shape index (κ2) is 10.4. The van der Waals surface area contributed by atoms with Gasteiger partial charge in [0.25, 0.3) is 0 Å². The van der Waals surface area contributed by atoms with Gasteiger partial charge in [-0.1, -0.05) is 13.0 Å². The third-order valence-corrected chi connectivity index (χ3v) is 5.29. The average Bonchev–Trinajstić information content (AvgIpc) is 2.51. The minimum absolute atomic E-state index is 0.696. The summed E-state index contributed by atoms with van der Waals surface area (Å²) in [7, 11) is 0. The lowest BCUT2D eigenvalue weighted by Crippen LogP contribution is -2.47. The van der Waals surface area contributed by atoms with Crippen molar-refractivity contribution >= 4 is 0 Å². The van der Waals surface area contributed by atoms with E-state index >= 15 is 0 Å². The fourth-order valence-electron chi connectivity index (χ4n) is 3.84. The summed E-state index contributed by atoms with van der Waals surface area (Å²) in [5, 5.41) is 3.49. The Bertz CT molecular complexity index is 296. The van der Waals surface area contributed by atoms with Crippen LogP contribution in [0.3, 0.4) is 0 Å². The molecule has 0 amide bonds. The third-order valence-electron chi connectivity index (χ3n) is 5.29. The summed E-state index contributed by atoms with van der Waals surface area (Å²) in [6, 6.07) is 0.877. The smallest absolute Gasteiger partial charge is 0.0644 e. The first-order valence-electron chi connectivity index (χ1n) is 9.43. The molecule has 0 atom stereocenters. The lowest BCUT2D eigenvalue weighted by atomic mass is 9.80. The third kappa shape index (κ3) is 6.39. The van der Waals surface area contributed by atoms with Gasteiger partial charge in [-0.05, 0) is 76.4 Å². The van der Waals surface area contributed by atoms with Gasteiger partial charge in [-0.15, -0.1) is 6.58 Å². The zero-order chi connectivity index (χ0) is 15.6. The highest BCUT2D eigenvalue weighted by Crippen LogP contribution is 2.32. The summed E-state index contributed by atoms with van der Waals surface area (Å²) < 4.78 is 5.47. The minimum Gasteiger partial charge on any atom is -0.377 e. The first-order chi connectivity index (χ1) is 10.8. The van der Waals surface area contributed by atoms with E-state index in [9.17, 15) is 0 Å². The lowest BCUT2D eigenvalue weighted by Gasteiger charge is -2.43. The summed E-state index contributed by atoms with van der Waals surface area (Å²) in [5.41, 5.74) is 0. The highest BCUT2D eigenvalue weighted by atomic mass is 16.5. The standard InChI is InChI=1S/C19H36N2O/c1-3-12-22-13-6-4-5-11-21(19-14-17(2)15-19)16-18-7-9-20-10-8-18/h3,17-20H,1,4-16H2,2H3. The summed E-state index contributed by atoms with van der Waals surface area (Å²) in [4.78, 5) is 2.82. The van der Waals surface area contributed by atoms with E-state index in [0.717, 1.165) is 24.5 Å². The molecule has 3 nitrogen and oxygen atoms in total. The second-order valence-corrected chi connectivity index (χ2v) is 7.34. The fourth-order valence-corrected chi connectivity index (χ4v) is 3.84. The van der Waals surface area contributed by atoms with Crippen molar-refractivity contribution in [3.8, 4) is 0 Å².